The maximum atomic E-state index is 12.2. The Balaban J connectivity index is 1.40. The minimum absolute atomic E-state index is 0.0390. The number of amides is 1. The molecule has 2 aromatic rings. The monoisotopic (exact) mass is 445 g/mol. The number of likely N-dealkylation sites (tertiary alicyclic amines) is 1. The van der Waals surface area contributed by atoms with Crippen molar-refractivity contribution in [2.45, 2.75) is 49.8 Å². The molecule has 3 rings (SSSR count). The van der Waals surface area contributed by atoms with E-state index >= 15 is 0 Å². The van der Waals surface area contributed by atoms with Crippen LogP contribution in [0.2, 0.25) is 0 Å². The Hall–Kier alpha value is -2.26. The Morgan fingerprint density at radius 1 is 1.00 bits per heavy atom. The number of hydrogen-bond acceptors (Lipinski definition) is 5. The van der Waals surface area contributed by atoms with Crippen molar-refractivity contribution in [3.05, 3.63) is 65.2 Å². The first-order valence-electron chi connectivity index (χ1n) is 10.6. The second-order valence-corrected chi connectivity index (χ2v) is 9.84. The number of carbonyl (C=O) groups excluding carboxylic acids is 1. The smallest absolute Gasteiger partial charge is 0.240 e. The topological polar surface area (TPSA) is 98.7 Å². The van der Waals surface area contributed by atoms with Crippen LogP contribution in [0.15, 0.2) is 53.4 Å². The molecule has 0 spiro atoms. The van der Waals surface area contributed by atoms with Gasteiger partial charge in [-0.15, -0.1) is 0 Å². The van der Waals surface area contributed by atoms with Gasteiger partial charge in [-0.2, -0.15) is 0 Å². The van der Waals surface area contributed by atoms with Gasteiger partial charge in [0.25, 0.3) is 0 Å². The Morgan fingerprint density at radius 3 is 2.19 bits per heavy atom. The van der Waals surface area contributed by atoms with Crippen LogP contribution < -0.4 is 10.0 Å². The summed E-state index contributed by atoms with van der Waals surface area (Å²) in [6.07, 6.45) is 2.41. The van der Waals surface area contributed by atoms with E-state index in [1.54, 1.807) is 24.3 Å². The average molecular weight is 446 g/mol. The number of aryl methyl sites for hydroxylation is 1. The Labute approximate surface area is 184 Å². The molecule has 7 nitrogen and oxygen atoms in total. The summed E-state index contributed by atoms with van der Waals surface area (Å²) in [5.74, 6) is -0.0390. The highest BCUT2D eigenvalue weighted by Crippen LogP contribution is 2.15. The van der Waals surface area contributed by atoms with Gasteiger partial charge < -0.3 is 10.4 Å². The summed E-state index contributed by atoms with van der Waals surface area (Å²) in [6.45, 7) is 3.21. The van der Waals surface area contributed by atoms with Crippen LogP contribution >= 0.6 is 0 Å². The van der Waals surface area contributed by atoms with E-state index in [9.17, 15) is 18.3 Å². The molecule has 0 saturated carbocycles. The SMILES string of the molecule is CNS(=O)(=O)c1ccc(CCC(=O)NCc2ccc(CN3CCC(O)CC3)cc2)cc1. The predicted octanol–water partition coefficient (Wildman–Crippen LogP) is 1.80. The van der Waals surface area contributed by atoms with E-state index in [4.69, 9.17) is 0 Å². The van der Waals surface area contributed by atoms with Gasteiger partial charge in [0.1, 0.15) is 0 Å². The van der Waals surface area contributed by atoms with Crippen LogP contribution in [0.4, 0.5) is 0 Å². The van der Waals surface area contributed by atoms with Crippen molar-refractivity contribution in [1.29, 1.82) is 0 Å². The van der Waals surface area contributed by atoms with E-state index in [1.165, 1.54) is 12.6 Å². The molecule has 1 aliphatic heterocycles. The first-order valence-corrected chi connectivity index (χ1v) is 12.1. The zero-order valence-corrected chi connectivity index (χ0v) is 18.7. The molecule has 3 N–H and O–H groups in total. The van der Waals surface area contributed by atoms with Crippen molar-refractivity contribution in [2.24, 2.45) is 0 Å². The minimum atomic E-state index is -3.44. The number of piperidine rings is 1. The molecule has 0 unspecified atom stereocenters. The van der Waals surface area contributed by atoms with Gasteiger partial charge >= 0.3 is 0 Å². The number of benzene rings is 2. The predicted molar refractivity (Wildman–Crippen MR) is 120 cm³/mol. The fourth-order valence-corrected chi connectivity index (χ4v) is 4.33. The van der Waals surface area contributed by atoms with Gasteiger partial charge in [-0.05, 0) is 55.1 Å². The average Bonchev–Trinajstić information content (AvgIpc) is 2.79. The molecule has 2 aromatic carbocycles. The van der Waals surface area contributed by atoms with Crippen molar-refractivity contribution >= 4 is 15.9 Å². The van der Waals surface area contributed by atoms with Gasteiger partial charge in [-0.3, -0.25) is 9.69 Å². The van der Waals surface area contributed by atoms with E-state index < -0.39 is 10.0 Å². The molecular formula is C23H31N3O4S. The molecule has 1 saturated heterocycles. The van der Waals surface area contributed by atoms with Gasteiger partial charge in [0.05, 0.1) is 11.0 Å². The molecule has 31 heavy (non-hydrogen) atoms. The molecule has 1 heterocycles. The molecule has 0 radical (unpaired) electrons. The Morgan fingerprint density at radius 2 is 1.58 bits per heavy atom. The molecule has 1 amide bonds. The number of carbonyl (C=O) groups is 1. The lowest BCUT2D eigenvalue weighted by Gasteiger charge is -2.29. The molecule has 0 aromatic heterocycles. The molecule has 168 valence electrons. The molecule has 0 aliphatic carbocycles. The van der Waals surface area contributed by atoms with E-state index in [-0.39, 0.29) is 16.9 Å². The van der Waals surface area contributed by atoms with Crippen LogP contribution in [0.5, 0.6) is 0 Å². The van der Waals surface area contributed by atoms with Crippen LogP contribution in [0, 0.1) is 0 Å². The summed E-state index contributed by atoms with van der Waals surface area (Å²) >= 11 is 0. The summed E-state index contributed by atoms with van der Waals surface area (Å²) < 4.78 is 25.8. The third kappa shape index (κ3) is 7.14. The largest absolute Gasteiger partial charge is 0.393 e. The Bertz CT molecular complexity index is 951. The molecule has 0 bridgehead atoms. The van der Waals surface area contributed by atoms with Crippen molar-refractivity contribution < 1.29 is 18.3 Å². The van der Waals surface area contributed by atoms with Crippen LogP contribution in [0.3, 0.4) is 0 Å². The minimum Gasteiger partial charge on any atom is -0.393 e. The van der Waals surface area contributed by atoms with E-state index in [0.717, 1.165) is 43.6 Å². The first kappa shape index (κ1) is 23.4. The lowest BCUT2D eigenvalue weighted by Crippen LogP contribution is -2.35. The first-order chi connectivity index (χ1) is 14.9. The van der Waals surface area contributed by atoms with Crippen LogP contribution in [-0.4, -0.2) is 50.6 Å². The van der Waals surface area contributed by atoms with Crippen LogP contribution in [0.1, 0.15) is 36.0 Å². The molecule has 1 aliphatic rings. The number of nitrogens with one attached hydrogen (secondary N) is 2. The fourth-order valence-electron chi connectivity index (χ4n) is 3.60. The highest BCUT2D eigenvalue weighted by Gasteiger charge is 2.16. The van der Waals surface area contributed by atoms with Crippen LogP contribution in [-0.2, 0) is 34.3 Å². The zero-order chi connectivity index (χ0) is 22.3. The summed E-state index contributed by atoms with van der Waals surface area (Å²) in [4.78, 5) is 14.7. The van der Waals surface area contributed by atoms with Crippen molar-refractivity contribution in [2.75, 3.05) is 20.1 Å². The second-order valence-electron chi connectivity index (χ2n) is 7.95. The number of aliphatic hydroxyl groups excluding tert-OH is 1. The van der Waals surface area contributed by atoms with Crippen LogP contribution in [0.25, 0.3) is 0 Å². The normalized spacial score (nSPS) is 15.7. The van der Waals surface area contributed by atoms with Gasteiger partial charge in [-0.25, -0.2) is 13.1 Å². The highest BCUT2D eigenvalue weighted by atomic mass is 32.2. The quantitative estimate of drug-likeness (QED) is 0.547. The van der Waals surface area contributed by atoms with Gasteiger partial charge in [-0.1, -0.05) is 36.4 Å². The van der Waals surface area contributed by atoms with Gasteiger partial charge in [0, 0.05) is 32.6 Å². The van der Waals surface area contributed by atoms with E-state index in [0.29, 0.717) is 19.4 Å². The van der Waals surface area contributed by atoms with E-state index in [1.807, 2.05) is 12.1 Å². The number of sulfonamides is 1. The lowest BCUT2D eigenvalue weighted by molar-refractivity contribution is -0.121. The summed E-state index contributed by atoms with van der Waals surface area (Å²) in [5.41, 5.74) is 3.20. The second kappa shape index (κ2) is 10.9. The van der Waals surface area contributed by atoms with Crippen molar-refractivity contribution in [3.8, 4) is 0 Å². The molecular weight excluding hydrogens is 414 g/mol. The standard InChI is InChI=1S/C23H31N3O4S/c1-24-31(29,30)22-9-6-18(7-10-22)8-11-23(28)25-16-19-2-4-20(5-3-19)17-26-14-12-21(27)13-15-26/h2-7,9-10,21,24,27H,8,11-17H2,1H3,(H,25,28). The fraction of sp³-hybridized carbons (Fsp3) is 0.435. The van der Waals surface area contributed by atoms with Crippen molar-refractivity contribution in [1.82, 2.24) is 14.9 Å². The highest BCUT2D eigenvalue weighted by molar-refractivity contribution is 7.89. The van der Waals surface area contributed by atoms with Gasteiger partial charge in [0.15, 0.2) is 0 Å². The summed E-state index contributed by atoms with van der Waals surface area (Å²) in [6, 6.07) is 14.8. The maximum Gasteiger partial charge on any atom is 0.240 e. The Kier molecular flexibility index (Phi) is 8.20. The summed E-state index contributed by atoms with van der Waals surface area (Å²) in [5, 5.41) is 12.5. The maximum absolute atomic E-state index is 12.2. The number of hydrogen-bond donors (Lipinski definition) is 3. The third-order valence-electron chi connectivity index (χ3n) is 5.62. The van der Waals surface area contributed by atoms with E-state index in [2.05, 4.69) is 27.1 Å². The zero-order valence-electron chi connectivity index (χ0n) is 17.9. The molecule has 0 atom stereocenters. The number of rotatable bonds is 9. The van der Waals surface area contributed by atoms with Gasteiger partial charge in [0.2, 0.25) is 15.9 Å². The third-order valence-corrected chi connectivity index (χ3v) is 7.05. The molecule has 8 heteroatoms. The van der Waals surface area contributed by atoms with Crippen molar-refractivity contribution in [3.63, 3.8) is 0 Å². The molecule has 1 fully saturated rings. The lowest BCUT2D eigenvalue weighted by atomic mass is 10.1. The number of aliphatic hydroxyl groups is 1. The number of nitrogens with zero attached hydrogens (tertiary/aromatic N) is 1. The summed E-state index contributed by atoms with van der Waals surface area (Å²) in [7, 11) is -2.06.